The van der Waals surface area contributed by atoms with E-state index in [9.17, 15) is 15.0 Å². The number of aromatic hydroxyl groups is 1. The topological polar surface area (TPSA) is 130 Å². The van der Waals surface area contributed by atoms with Gasteiger partial charge in [-0.15, -0.1) is 0 Å². The summed E-state index contributed by atoms with van der Waals surface area (Å²) >= 11 is 0. The van der Waals surface area contributed by atoms with Crippen LogP contribution in [0.25, 0.3) is 32.9 Å². The van der Waals surface area contributed by atoms with Crippen LogP contribution in [0.4, 0.5) is 33.5 Å². The number of allylic oxidation sites excluding steroid dienone is 1. The number of β-amino-alcohol motifs (C(OH)–C–C–N with tert-alkyl or cyclic N) is 1. The number of benzene rings is 3. The minimum Gasteiger partial charge on any atom is -0.508 e. The minimum atomic E-state index is -1.28. The maximum absolute atomic E-state index is 17.1. The molecule has 6 aliphatic rings. The second-order valence-corrected chi connectivity index (χ2v) is 22.3. The van der Waals surface area contributed by atoms with E-state index in [-0.39, 0.29) is 51.5 Å². The Labute approximate surface area is 416 Å². The summed E-state index contributed by atoms with van der Waals surface area (Å²) in [5, 5.41) is 25.8. The number of aromatic nitrogens is 3. The van der Waals surface area contributed by atoms with Crippen LogP contribution in [-0.2, 0) is 11.2 Å². The van der Waals surface area contributed by atoms with Gasteiger partial charge in [0.05, 0.1) is 23.5 Å². The van der Waals surface area contributed by atoms with E-state index in [1.165, 1.54) is 36.5 Å². The molecule has 1 spiro atoms. The first-order chi connectivity index (χ1) is 34.4. The van der Waals surface area contributed by atoms with Gasteiger partial charge in [-0.3, -0.25) is 14.7 Å². The van der Waals surface area contributed by atoms with Crippen LogP contribution in [0, 0.1) is 34.1 Å². The highest BCUT2D eigenvalue weighted by Gasteiger charge is 2.57. The summed E-state index contributed by atoms with van der Waals surface area (Å²) in [6.45, 7) is 13.5. The van der Waals surface area contributed by atoms with Crippen molar-refractivity contribution in [2.75, 3.05) is 81.9 Å². The highest BCUT2D eigenvalue weighted by molar-refractivity contribution is 6.02. The molecule has 12 nitrogen and oxygen atoms in total. The first-order valence-corrected chi connectivity index (χ1v) is 25.7. The van der Waals surface area contributed by atoms with Crippen LogP contribution >= 0.6 is 0 Å². The van der Waals surface area contributed by atoms with Crippen molar-refractivity contribution in [2.45, 2.75) is 102 Å². The number of piperazine rings is 1. The number of likely N-dealkylation sites (tertiary alicyclic amines) is 1. The first-order valence-electron chi connectivity index (χ1n) is 25.7. The molecule has 4 aliphatic heterocycles. The fraction of sp³-hybridized carbons (Fsp3) is 0.527. The van der Waals surface area contributed by atoms with Crippen molar-refractivity contribution in [1.82, 2.24) is 30.1 Å². The number of phenolic OH excluding ortho intramolecular Hbond substituents is 1. The lowest BCUT2D eigenvalue weighted by Crippen LogP contribution is -2.60. The Bertz CT molecular complexity index is 2940. The Morgan fingerprint density at radius 3 is 2.28 bits per heavy atom. The van der Waals surface area contributed by atoms with Crippen LogP contribution in [-0.4, -0.2) is 124 Å². The second kappa shape index (κ2) is 18.4. The highest BCUT2D eigenvalue weighted by Crippen LogP contribution is 2.58. The molecular weight excluding hydrogens is 932 g/mol. The van der Waals surface area contributed by atoms with Crippen molar-refractivity contribution in [2.24, 2.45) is 10.8 Å². The summed E-state index contributed by atoms with van der Waals surface area (Å²) in [5.41, 5.74) is -1.17. The molecule has 72 heavy (non-hydrogen) atoms. The standard InChI is InChI=1S/C55H63F5N8O4/c1-4-37-41(56)9-7-34-22-36(69)25-39(44(34)37)47-46(59)48-40(26-61-47)49(68-15-5-10-52(3,71)29-68)64-51(63-48)72-32-54(11-12-54)30-65-16-13-53(14-17-65)27-55(60,28-53)31-66-18-20-67(21-19-66)35-23-42(57)45(43(58)24-35)38-8-6-33(2)62-50(38)70/h7,9,22-26,38,69,71H,2,4-6,8,10-21,27-32H2,1,3H3,(H,62,70)/t38?,52-/m1/s1. The van der Waals surface area contributed by atoms with Gasteiger partial charge in [-0.05, 0) is 143 Å². The van der Waals surface area contributed by atoms with Gasteiger partial charge < -0.3 is 35.0 Å². The summed E-state index contributed by atoms with van der Waals surface area (Å²) in [6.07, 6.45) is 8.65. The third-order valence-electron chi connectivity index (χ3n) is 16.7. The number of nitrogens with zero attached hydrogens (tertiary/aromatic N) is 7. The number of alkyl halides is 1. The number of anilines is 2. The van der Waals surface area contributed by atoms with Crippen molar-refractivity contribution in [3.8, 4) is 23.0 Å². The molecule has 2 aliphatic carbocycles. The maximum atomic E-state index is 17.1. The van der Waals surface area contributed by atoms with Crippen LogP contribution in [0.3, 0.4) is 0 Å². The van der Waals surface area contributed by atoms with Crippen molar-refractivity contribution in [3.05, 3.63) is 89.3 Å². The van der Waals surface area contributed by atoms with Gasteiger partial charge in [0.25, 0.3) is 0 Å². The van der Waals surface area contributed by atoms with E-state index < -0.39 is 46.4 Å². The number of fused-ring (bicyclic) bond motifs is 2. The monoisotopic (exact) mass is 994 g/mol. The number of ether oxygens (including phenoxy) is 1. The van der Waals surface area contributed by atoms with E-state index in [2.05, 4.69) is 31.7 Å². The lowest BCUT2D eigenvalue weighted by Gasteiger charge is -2.57. The Balaban J connectivity index is 0.721. The number of carbonyl (C=O) groups is 1. The molecule has 6 heterocycles. The van der Waals surface area contributed by atoms with E-state index in [1.54, 1.807) is 13.0 Å². The highest BCUT2D eigenvalue weighted by atomic mass is 19.2. The molecular formula is C55H63F5N8O4. The molecule has 0 bridgehead atoms. The summed E-state index contributed by atoms with van der Waals surface area (Å²) in [7, 11) is 0. The second-order valence-electron chi connectivity index (χ2n) is 22.3. The Morgan fingerprint density at radius 2 is 1.60 bits per heavy atom. The van der Waals surface area contributed by atoms with Gasteiger partial charge in [-0.1, -0.05) is 19.6 Å². The van der Waals surface area contributed by atoms with Crippen LogP contribution in [0.1, 0.15) is 95.1 Å². The summed E-state index contributed by atoms with van der Waals surface area (Å²) in [4.78, 5) is 35.0. The quantitative estimate of drug-likeness (QED) is 0.104. The number of aliphatic hydroxyl groups is 1. The van der Waals surface area contributed by atoms with E-state index >= 15 is 22.0 Å². The zero-order valence-corrected chi connectivity index (χ0v) is 41.1. The lowest BCUT2D eigenvalue weighted by molar-refractivity contribution is -0.123. The van der Waals surface area contributed by atoms with Gasteiger partial charge in [0, 0.05) is 86.5 Å². The molecule has 6 fully saturated rings. The SMILES string of the molecule is C=C1CCC(c2c(F)cc(N3CCN(CC4(F)CC5(CCN(CC6(COc7nc(N8CCC[C@@](C)(O)C8)c8cnc(-c9cc(O)cc%10ccc(F)c(CC)c9%10)c(F)c8n7)CC6)CC5)C4)CC3)cc2F)C(=O)N1. The summed E-state index contributed by atoms with van der Waals surface area (Å²) < 4.78 is 85.8. The average molecular weight is 995 g/mol. The van der Waals surface area contributed by atoms with Crippen LogP contribution in [0.15, 0.2) is 54.9 Å². The lowest BCUT2D eigenvalue weighted by atomic mass is 9.55. The number of amides is 1. The van der Waals surface area contributed by atoms with Crippen molar-refractivity contribution in [3.63, 3.8) is 0 Å². The molecule has 382 valence electrons. The number of phenols is 1. The van der Waals surface area contributed by atoms with Crippen molar-refractivity contribution >= 4 is 39.1 Å². The van der Waals surface area contributed by atoms with Crippen LogP contribution < -0.4 is 19.9 Å². The fourth-order valence-corrected chi connectivity index (χ4v) is 12.8. The molecule has 2 aromatic heterocycles. The molecule has 2 atom stereocenters. The van der Waals surface area contributed by atoms with Gasteiger partial charge in [0.15, 0.2) is 5.82 Å². The number of hydrogen-bond acceptors (Lipinski definition) is 11. The molecule has 3 aromatic carbocycles. The molecule has 1 unspecified atom stereocenters. The van der Waals surface area contributed by atoms with Gasteiger partial charge in [-0.25, -0.2) is 22.0 Å². The summed E-state index contributed by atoms with van der Waals surface area (Å²) in [5.74, 6) is -3.70. The Morgan fingerprint density at radius 1 is 0.875 bits per heavy atom. The zero-order valence-electron chi connectivity index (χ0n) is 41.1. The summed E-state index contributed by atoms with van der Waals surface area (Å²) in [6, 6.07) is 8.46. The van der Waals surface area contributed by atoms with E-state index in [0.717, 1.165) is 45.3 Å². The molecule has 11 rings (SSSR count). The molecule has 2 saturated carbocycles. The Kier molecular flexibility index (Phi) is 12.4. The predicted molar refractivity (Wildman–Crippen MR) is 266 cm³/mol. The van der Waals surface area contributed by atoms with Gasteiger partial charge >= 0.3 is 6.01 Å². The molecule has 4 saturated heterocycles. The molecule has 5 aromatic rings. The number of piperidine rings is 3. The largest absolute Gasteiger partial charge is 0.508 e. The number of aryl methyl sites for hydroxylation is 1. The Hall–Kier alpha value is -5.65. The zero-order chi connectivity index (χ0) is 50.3. The van der Waals surface area contributed by atoms with E-state index in [1.807, 2.05) is 16.7 Å². The third-order valence-corrected chi connectivity index (χ3v) is 16.7. The third kappa shape index (κ3) is 9.33. The van der Waals surface area contributed by atoms with Crippen molar-refractivity contribution in [1.29, 1.82) is 0 Å². The van der Waals surface area contributed by atoms with Gasteiger partial charge in [0.2, 0.25) is 5.91 Å². The van der Waals surface area contributed by atoms with Crippen LogP contribution in [0.2, 0.25) is 0 Å². The molecule has 0 radical (unpaired) electrons. The smallest absolute Gasteiger partial charge is 0.319 e. The molecule has 17 heteroatoms. The number of carbonyl (C=O) groups excluding carboxylic acids is 1. The van der Waals surface area contributed by atoms with E-state index in [0.29, 0.717) is 130 Å². The normalized spacial score (nSPS) is 24.2. The number of hydrogen-bond donors (Lipinski definition) is 3. The molecule has 3 N–H and O–H groups in total. The molecule has 1 amide bonds. The van der Waals surface area contributed by atoms with Crippen molar-refractivity contribution < 1.29 is 41.7 Å². The number of pyridine rings is 1. The number of nitrogens with one attached hydrogen (secondary N) is 1. The van der Waals surface area contributed by atoms with Gasteiger partial charge in [0.1, 0.15) is 45.9 Å². The fourth-order valence-electron chi connectivity index (χ4n) is 12.8. The minimum absolute atomic E-state index is 0.00857. The average Bonchev–Trinajstić information content (AvgIpc) is 4.10. The first kappa shape index (κ1) is 48.6. The van der Waals surface area contributed by atoms with Crippen LogP contribution in [0.5, 0.6) is 11.8 Å². The number of rotatable bonds is 12. The predicted octanol–water partition coefficient (Wildman–Crippen LogP) is 9.09. The maximum Gasteiger partial charge on any atom is 0.319 e. The van der Waals surface area contributed by atoms with Gasteiger partial charge in [-0.2, -0.15) is 9.97 Å². The van der Waals surface area contributed by atoms with E-state index in [4.69, 9.17) is 9.72 Å². The number of halogens is 5.